The fourth-order valence-corrected chi connectivity index (χ4v) is 2.50. The number of hydrogen-bond acceptors (Lipinski definition) is 7. The number of nitrogens with one attached hydrogen (secondary N) is 1. The van der Waals surface area contributed by atoms with Gasteiger partial charge in [0.05, 0.1) is 0 Å². The highest BCUT2D eigenvalue weighted by Gasteiger charge is 2.23. The van der Waals surface area contributed by atoms with Crippen LogP contribution >= 0.6 is 0 Å². The van der Waals surface area contributed by atoms with Gasteiger partial charge in [0.2, 0.25) is 5.95 Å². The summed E-state index contributed by atoms with van der Waals surface area (Å²) in [6, 6.07) is 2.79. The van der Waals surface area contributed by atoms with E-state index < -0.39 is 17.7 Å². The molecule has 0 aromatic carbocycles. The quantitative estimate of drug-likeness (QED) is 0.882. The van der Waals surface area contributed by atoms with Crippen LogP contribution in [-0.2, 0) is 0 Å². The smallest absolute Gasteiger partial charge is 0.280 e. The van der Waals surface area contributed by atoms with Crippen molar-refractivity contribution < 1.29 is 8.78 Å². The molecule has 1 N–H and O–H groups in total. The van der Waals surface area contributed by atoms with Gasteiger partial charge in [0, 0.05) is 44.6 Å². The molecule has 3 rings (SSSR count). The number of nitrogens with zero attached hydrogens (tertiary/aromatic N) is 6. The van der Waals surface area contributed by atoms with Crippen LogP contribution in [0.3, 0.4) is 0 Å². The summed E-state index contributed by atoms with van der Waals surface area (Å²) in [6.45, 7) is 1.88. The number of alkyl halides is 2. The summed E-state index contributed by atoms with van der Waals surface area (Å²) >= 11 is 0. The lowest BCUT2D eigenvalue weighted by Crippen LogP contribution is -2.48. The Kier molecular flexibility index (Phi) is 4.33. The van der Waals surface area contributed by atoms with E-state index in [0.29, 0.717) is 32.0 Å². The monoisotopic (exact) mass is 333 g/mol. The SMILES string of the molecule is N#Cc1nccnc1N1CCN(c2nc(C(F)F)cc(=O)[nH]2)CC1. The topological polar surface area (TPSA) is 102 Å². The number of aromatic nitrogens is 4. The molecule has 10 heteroatoms. The van der Waals surface area contributed by atoms with Crippen molar-refractivity contribution in [3.63, 3.8) is 0 Å². The predicted octanol–water partition coefficient (Wildman–Crippen LogP) is 0.696. The summed E-state index contributed by atoms with van der Waals surface area (Å²) in [5.41, 5.74) is -0.924. The number of nitriles is 1. The molecule has 0 saturated carbocycles. The van der Waals surface area contributed by atoms with Crippen molar-refractivity contribution in [1.82, 2.24) is 19.9 Å². The van der Waals surface area contributed by atoms with Crippen molar-refractivity contribution >= 4 is 11.8 Å². The van der Waals surface area contributed by atoms with Gasteiger partial charge in [-0.15, -0.1) is 0 Å². The van der Waals surface area contributed by atoms with Gasteiger partial charge in [-0.1, -0.05) is 0 Å². The molecule has 3 heterocycles. The molecule has 24 heavy (non-hydrogen) atoms. The van der Waals surface area contributed by atoms with Crippen LogP contribution in [0.15, 0.2) is 23.3 Å². The Morgan fingerprint density at radius 1 is 1.17 bits per heavy atom. The van der Waals surface area contributed by atoms with Crippen LogP contribution in [0.1, 0.15) is 17.8 Å². The first-order chi connectivity index (χ1) is 11.6. The minimum atomic E-state index is -2.80. The van der Waals surface area contributed by atoms with E-state index in [2.05, 4.69) is 19.9 Å². The first kappa shape index (κ1) is 15.8. The Labute approximate surface area is 135 Å². The molecule has 0 aliphatic carbocycles. The minimum absolute atomic E-state index is 0.122. The zero-order chi connectivity index (χ0) is 17.1. The summed E-state index contributed by atoms with van der Waals surface area (Å²) in [5.74, 6) is 0.611. The van der Waals surface area contributed by atoms with Gasteiger partial charge in [0.15, 0.2) is 11.5 Å². The fourth-order valence-electron chi connectivity index (χ4n) is 2.50. The van der Waals surface area contributed by atoms with E-state index in [9.17, 15) is 13.6 Å². The summed E-state index contributed by atoms with van der Waals surface area (Å²) in [6.07, 6.45) is 0.154. The van der Waals surface area contributed by atoms with Crippen molar-refractivity contribution in [3.8, 4) is 6.07 Å². The molecule has 0 spiro atoms. The Hall–Kier alpha value is -3.09. The van der Waals surface area contributed by atoms with Gasteiger partial charge in [0.25, 0.3) is 12.0 Å². The molecular weight excluding hydrogens is 320 g/mol. The Morgan fingerprint density at radius 3 is 2.50 bits per heavy atom. The third-order valence-electron chi connectivity index (χ3n) is 3.64. The second-order valence-electron chi connectivity index (χ2n) is 5.11. The van der Waals surface area contributed by atoms with Gasteiger partial charge < -0.3 is 9.80 Å². The largest absolute Gasteiger partial charge is 0.351 e. The van der Waals surface area contributed by atoms with Crippen molar-refractivity contribution in [2.24, 2.45) is 0 Å². The normalized spacial score (nSPS) is 14.8. The van der Waals surface area contributed by atoms with E-state index in [1.165, 1.54) is 12.4 Å². The van der Waals surface area contributed by atoms with E-state index in [-0.39, 0.29) is 11.6 Å². The van der Waals surface area contributed by atoms with Crippen molar-refractivity contribution in [2.45, 2.75) is 6.43 Å². The highest BCUT2D eigenvalue weighted by molar-refractivity contribution is 5.51. The molecule has 1 aliphatic heterocycles. The van der Waals surface area contributed by atoms with E-state index in [1.807, 2.05) is 11.0 Å². The van der Waals surface area contributed by atoms with Crippen LogP contribution in [0.5, 0.6) is 0 Å². The molecule has 1 saturated heterocycles. The number of anilines is 2. The zero-order valence-corrected chi connectivity index (χ0v) is 12.5. The maximum absolute atomic E-state index is 12.8. The fraction of sp³-hybridized carbons (Fsp3) is 0.357. The van der Waals surface area contributed by atoms with Gasteiger partial charge in [-0.25, -0.2) is 23.7 Å². The molecule has 2 aromatic rings. The van der Waals surface area contributed by atoms with Crippen LogP contribution < -0.4 is 15.4 Å². The molecule has 0 radical (unpaired) electrons. The molecular formula is C14H13F2N7O. The molecule has 1 fully saturated rings. The highest BCUT2D eigenvalue weighted by atomic mass is 19.3. The molecule has 0 atom stereocenters. The van der Waals surface area contributed by atoms with E-state index >= 15 is 0 Å². The average Bonchev–Trinajstić information content (AvgIpc) is 2.61. The predicted molar refractivity (Wildman–Crippen MR) is 81.0 cm³/mol. The highest BCUT2D eigenvalue weighted by Crippen LogP contribution is 2.20. The Bertz CT molecular complexity index is 824. The summed E-state index contributed by atoms with van der Waals surface area (Å²) < 4.78 is 25.5. The van der Waals surface area contributed by atoms with Crippen molar-refractivity contribution in [2.75, 3.05) is 36.0 Å². The number of halogens is 2. The van der Waals surface area contributed by atoms with Crippen LogP contribution in [-0.4, -0.2) is 46.1 Å². The van der Waals surface area contributed by atoms with Crippen molar-refractivity contribution in [3.05, 3.63) is 40.2 Å². The number of hydrogen-bond donors (Lipinski definition) is 1. The van der Waals surface area contributed by atoms with Crippen LogP contribution in [0.2, 0.25) is 0 Å². The maximum atomic E-state index is 12.8. The van der Waals surface area contributed by atoms with Gasteiger partial charge in [-0.05, 0) is 0 Å². The molecule has 0 unspecified atom stereocenters. The van der Waals surface area contributed by atoms with Gasteiger partial charge in [-0.2, -0.15) is 5.26 Å². The van der Waals surface area contributed by atoms with E-state index in [4.69, 9.17) is 5.26 Å². The lowest BCUT2D eigenvalue weighted by molar-refractivity contribution is 0.146. The lowest BCUT2D eigenvalue weighted by Gasteiger charge is -2.35. The summed E-state index contributed by atoms with van der Waals surface area (Å²) in [5, 5.41) is 9.08. The molecule has 0 amide bonds. The Morgan fingerprint density at radius 2 is 1.83 bits per heavy atom. The number of aromatic amines is 1. The minimum Gasteiger partial charge on any atom is -0.351 e. The maximum Gasteiger partial charge on any atom is 0.280 e. The number of piperazine rings is 1. The number of H-pyrrole nitrogens is 1. The third kappa shape index (κ3) is 3.15. The van der Waals surface area contributed by atoms with Crippen LogP contribution in [0.4, 0.5) is 20.5 Å². The second kappa shape index (κ2) is 6.57. The van der Waals surface area contributed by atoms with Crippen molar-refractivity contribution in [1.29, 1.82) is 5.26 Å². The third-order valence-corrected chi connectivity index (χ3v) is 3.64. The molecule has 1 aliphatic rings. The van der Waals surface area contributed by atoms with Gasteiger partial charge in [-0.3, -0.25) is 9.78 Å². The summed E-state index contributed by atoms with van der Waals surface area (Å²) in [7, 11) is 0. The molecule has 124 valence electrons. The van der Waals surface area contributed by atoms with Crippen LogP contribution in [0.25, 0.3) is 0 Å². The van der Waals surface area contributed by atoms with E-state index in [0.717, 1.165) is 6.07 Å². The average molecular weight is 333 g/mol. The van der Waals surface area contributed by atoms with Crippen LogP contribution in [0, 0.1) is 11.3 Å². The second-order valence-corrected chi connectivity index (χ2v) is 5.11. The molecule has 8 nitrogen and oxygen atoms in total. The summed E-state index contributed by atoms with van der Waals surface area (Å²) in [4.78, 5) is 29.5. The first-order valence-electron chi connectivity index (χ1n) is 7.19. The lowest BCUT2D eigenvalue weighted by atomic mass is 10.3. The molecule has 2 aromatic heterocycles. The number of rotatable bonds is 3. The first-order valence-corrected chi connectivity index (χ1v) is 7.19. The van der Waals surface area contributed by atoms with Gasteiger partial charge in [0.1, 0.15) is 11.8 Å². The van der Waals surface area contributed by atoms with Gasteiger partial charge >= 0.3 is 0 Å². The standard InChI is InChI=1S/C14H13F2N7O/c15-12(16)9-7-11(24)21-14(20-9)23-5-3-22(4-6-23)13-10(8-17)18-1-2-19-13/h1-2,7,12H,3-6H2,(H,20,21,24). The van der Waals surface area contributed by atoms with E-state index in [1.54, 1.807) is 4.90 Å². The zero-order valence-electron chi connectivity index (χ0n) is 12.5. The molecule has 0 bridgehead atoms. The Balaban J connectivity index is 1.76.